The van der Waals surface area contributed by atoms with E-state index in [0.29, 0.717) is 30.3 Å². The first-order valence-corrected chi connectivity index (χ1v) is 13.8. The van der Waals surface area contributed by atoms with Crippen molar-refractivity contribution in [2.75, 3.05) is 44.7 Å². The number of rotatable bonds is 7. The fourth-order valence-electron chi connectivity index (χ4n) is 5.08. The number of hydrogen-bond donors (Lipinski definition) is 3. The summed E-state index contributed by atoms with van der Waals surface area (Å²) in [5, 5.41) is 0.559. The lowest BCUT2D eigenvalue weighted by molar-refractivity contribution is -0.134. The van der Waals surface area contributed by atoms with E-state index in [1.165, 1.54) is 17.4 Å². The molecular formula is C25H34ClN3O4S. The lowest BCUT2D eigenvalue weighted by Gasteiger charge is -2.40. The molecule has 2 aliphatic rings. The molecule has 7 nitrogen and oxygen atoms in total. The van der Waals surface area contributed by atoms with Crippen LogP contribution in [0, 0.1) is 5.92 Å². The second-order valence-corrected chi connectivity index (χ2v) is 11.9. The fourth-order valence-corrected chi connectivity index (χ4v) is 5.85. The summed E-state index contributed by atoms with van der Waals surface area (Å²) in [4.78, 5) is 17.1. The van der Waals surface area contributed by atoms with Crippen molar-refractivity contribution in [2.24, 2.45) is 5.92 Å². The molecule has 0 saturated carbocycles. The molecule has 34 heavy (non-hydrogen) atoms. The zero-order valence-corrected chi connectivity index (χ0v) is 21.5. The predicted octanol–water partition coefficient (Wildman–Crippen LogP) is 4.82. The minimum absolute atomic E-state index is 0.0527. The molecule has 0 radical (unpaired) electrons. The standard InChI is InChI=1S/C25H34ClN3O4S/c1-28(2)24(30)20(14-19-15-21(8-9-23(19)26)27-34(3,31)32)16-29-12-10-25(11-13-29)22-7-5-4-6-18(22)17-33-25/h4-9,15,20,27,31-32H,10-14,16-17H2,1-3H3. The number of carbonyl (C=O) groups is 1. The molecule has 9 heteroatoms. The van der Waals surface area contributed by atoms with Gasteiger partial charge in [-0.05, 0) is 54.2 Å². The molecule has 2 aromatic carbocycles. The van der Waals surface area contributed by atoms with Crippen LogP contribution in [0.15, 0.2) is 42.5 Å². The van der Waals surface area contributed by atoms with Gasteiger partial charge in [0.1, 0.15) is 0 Å². The van der Waals surface area contributed by atoms with E-state index in [4.69, 9.17) is 16.3 Å². The number of nitrogens with zero attached hydrogens (tertiary/aromatic N) is 2. The van der Waals surface area contributed by atoms with E-state index in [1.54, 1.807) is 37.2 Å². The van der Waals surface area contributed by atoms with Gasteiger partial charge in [-0.1, -0.05) is 35.9 Å². The van der Waals surface area contributed by atoms with Crippen LogP contribution in [0.25, 0.3) is 0 Å². The number of anilines is 1. The maximum atomic E-state index is 13.1. The molecule has 3 N–H and O–H groups in total. The maximum absolute atomic E-state index is 13.1. The Morgan fingerprint density at radius 1 is 1.24 bits per heavy atom. The zero-order valence-electron chi connectivity index (χ0n) is 20.0. The van der Waals surface area contributed by atoms with Crippen molar-refractivity contribution in [1.82, 2.24) is 9.80 Å². The maximum Gasteiger partial charge on any atom is 0.226 e. The number of carbonyl (C=O) groups excluding carboxylic acids is 1. The van der Waals surface area contributed by atoms with Gasteiger partial charge in [-0.15, -0.1) is 10.8 Å². The highest BCUT2D eigenvalue weighted by Crippen LogP contribution is 2.44. The van der Waals surface area contributed by atoms with Gasteiger partial charge in [0.15, 0.2) is 0 Å². The van der Waals surface area contributed by atoms with Crippen molar-refractivity contribution in [2.45, 2.75) is 31.5 Å². The second kappa shape index (κ2) is 10.0. The van der Waals surface area contributed by atoms with Crippen LogP contribution >= 0.6 is 22.4 Å². The van der Waals surface area contributed by atoms with E-state index in [1.807, 2.05) is 0 Å². The summed E-state index contributed by atoms with van der Waals surface area (Å²) in [6.45, 7) is 3.02. The third-order valence-electron chi connectivity index (χ3n) is 6.77. The molecule has 2 aliphatic heterocycles. The average molecular weight is 508 g/mol. The van der Waals surface area contributed by atoms with Crippen LogP contribution in [-0.4, -0.2) is 64.8 Å². The van der Waals surface area contributed by atoms with Gasteiger partial charge >= 0.3 is 0 Å². The largest absolute Gasteiger partial charge is 0.365 e. The number of halogens is 1. The molecule has 2 heterocycles. The predicted molar refractivity (Wildman–Crippen MR) is 138 cm³/mol. The lowest BCUT2D eigenvalue weighted by Crippen LogP contribution is -2.46. The van der Waals surface area contributed by atoms with Crippen molar-refractivity contribution in [1.29, 1.82) is 0 Å². The lowest BCUT2D eigenvalue weighted by atomic mass is 9.83. The number of hydrogen-bond acceptors (Lipinski definition) is 6. The Bertz CT molecular complexity index is 1040. The summed E-state index contributed by atoms with van der Waals surface area (Å²) in [6, 6.07) is 13.7. The third kappa shape index (κ3) is 5.70. The summed E-state index contributed by atoms with van der Waals surface area (Å²) < 4.78 is 28.5. The number of nitrogens with one attached hydrogen (secondary N) is 1. The van der Waals surface area contributed by atoms with Crippen molar-refractivity contribution in [3.8, 4) is 0 Å². The van der Waals surface area contributed by atoms with Crippen LogP contribution in [0.1, 0.15) is 29.5 Å². The van der Waals surface area contributed by atoms with Gasteiger partial charge in [-0.3, -0.25) is 18.6 Å². The number of ether oxygens (including phenoxy) is 1. The summed E-state index contributed by atoms with van der Waals surface area (Å²) in [6.07, 6.45) is 3.60. The molecule has 1 unspecified atom stereocenters. The monoisotopic (exact) mass is 507 g/mol. The van der Waals surface area contributed by atoms with Gasteiger partial charge < -0.3 is 14.5 Å². The highest BCUT2D eigenvalue weighted by Gasteiger charge is 2.42. The molecule has 1 atom stereocenters. The Labute approximate surface area is 208 Å². The van der Waals surface area contributed by atoms with Gasteiger partial charge in [-0.2, -0.15) is 0 Å². The quantitative estimate of drug-likeness (QED) is 0.498. The van der Waals surface area contributed by atoms with Crippen LogP contribution < -0.4 is 4.72 Å². The molecular weight excluding hydrogens is 474 g/mol. The summed E-state index contributed by atoms with van der Waals surface area (Å²) in [5.74, 6) is -0.215. The summed E-state index contributed by atoms with van der Waals surface area (Å²) in [5.41, 5.74) is 3.75. The van der Waals surface area contributed by atoms with Gasteiger partial charge in [0.05, 0.1) is 23.8 Å². The molecule has 1 spiro atoms. The average Bonchev–Trinajstić information content (AvgIpc) is 3.14. The molecule has 0 aliphatic carbocycles. The molecule has 1 saturated heterocycles. The van der Waals surface area contributed by atoms with E-state index in [0.717, 1.165) is 31.5 Å². The van der Waals surface area contributed by atoms with Gasteiger partial charge in [0.2, 0.25) is 5.91 Å². The summed E-state index contributed by atoms with van der Waals surface area (Å²) >= 11 is 6.47. The molecule has 1 fully saturated rings. The van der Waals surface area contributed by atoms with Gasteiger partial charge in [0.25, 0.3) is 0 Å². The normalized spacial score (nSPS) is 19.0. The second-order valence-electron chi connectivity index (χ2n) is 9.62. The van der Waals surface area contributed by atoms with Crippen molar-refractivity contribution in [3.05, 3.63) is 64.2 Å². The number of fused-ring (bicyclic) bond motifs is 2. The third-order valence-corrected chi connectivity index (χ3v) is 7.76. The fraction of sp³-hybridized carbons (Fsp3) is 0.480. The van der Waals surface area contributed by atoms with Crippen LogP contribution in [0.3, 0.4) is 0 Å². The number of amides is 1. The number of piperidine rings is 1. The van der Waals surface area contributed by atoms with E-state index >= 15 is 0 Å². The van der Waals surface area contributed by atoms with Crippen molar-refractivity contribution < 1.29 is 18.6 Å². The van der Waals surface area contributed by atoms with E-state index < -0.39 is 10.8 Å². The molecule has 186 valence electrons. The zero-order chi connectivity index (χ0) is 24.5. The number of likely N-dealkylation sites (tertiary alicyclic amines) is 1. The number of benzene rings is 2. The van der Waals surface area contributed by atoms with Gasteiger partial charge in [0, 0.05) is 45.0 Å². The van der Waals surface area contributed by atoms with Gasteiger partial charge in [-0.25, -0.2) is 0 Å². The van der Waals surface area contributed by atoms with Crippen LogP contribution in [-0.2, 0) is 28.2 Å². The molecule has 1 amide bonds. The highest BCUT2D eigenvalue weighted by atomic mass is 35.5. The van der Waals surface area contributed by atoms with E-state index in [-0.39, 0.29) is 17.4 Å². The van der Waals surface area contributed by atoms with E-state index in [9.17, 15) is 13.9 Å². The Morgan fingerprint density at radius 3 is 2.62 bits per heavy atom. The molecule has 0 bridgehead atoms. The van der Waals surface area contributed by atoms with Crippen LogP contribution in [0.4, 0.5) is 5.69 Å². The molecule has 0 aromatic heterocycles. The van der Waals surface area contributed by atoms with Crippen LogP contribution in [0.5, 0.6) is 0 Å². The Hall–Kier alpha value is -1.81. The first-order valence-electron chi connectivity index (χ1n) is 11.5. The Morgan fingerprint density at radius 2 is 1.94 bits per heavy atom. The Kier molecular flexibility index (Phi) is 7.47. The Balaban J connectivity index is 1.46. The van der Waals surface area contributed by atoms with Crippen molar-refractivity contribution in [3.63, 3.8) is 0 Å². The minimum Gasteiger partial charge on any atom is -0.365 e. The summed E-state index contributed by atoms with van der Waals surface area (Å²) in [7, 11) is 0.639. The van der Waals surface area contributed by atoms with E-state index in [2.05, 4.69) is 33.9 Å². The SMILES string of the molecule is CN(C)C(=O)C(Cc1cc(NS(C)(O)O)ccc1Cl)CN1CCC2(CC1)OCc1ccccc12. The van der Waals surface area contributed by atoms with Crippen molar-refractivity contribution >= 4 is 34.0 Å². The highest BCUT2D eigenvalue weighted by molar-refractivity contribution is 8.24. The first kappa shape index (κ1) is 25.3. The first-order chi connectivity index (χ1) is 16.1. The smallest absolute Gasteiger partial charge is 0.226 e. The van der Waals surface area contributed by atoms with Crippen LogP contribution in [0.2, 0.25) is 5.02 Å². The minimum atomic E-state index is -2.91. The molecule has 2 aromatic rings. The molecule has 4 rings (SSSR count). The topological polar surface area (TPSA) is 85.3 Å².